The van der Waals surface area contributed by atoms with Gasteiger partial charge in [0, 0.05) is 0 Å². The van der Waals surface area contributed by atoms with Gasteiger partial charge in [-0.05, 0) is 13.8 Å². The van der Waals surface area contributed by atoms with Crippen molar-refractivity contribution in [3.05, 3.63) is 41.3 Å². The summed E-state index contributed by atoms with van der Waals surface area (Å²) in [5.74, 6) is 2.36. The van der Waals surface area contributed by atoms with E-state index in [0.29, 0.717) is 0 Å². The SMILES string of the molecule is O=P(O)(O)O.[C-]#Cc1cc(C)cc(C)c1.[Na+]. The molecule has 0 amide bonds. The zero-order chi connectivity index (χ0) is 12.1. The van der Waals surface area contributed by atoms with Gasteiger partial charge in [0.2, 0.25) is 0 Å². The average Bonchev–Trinajstić information content (AvgIpc) is 1.99. The fourth-order valence-electron chi connectivity index (χ4n) is 1.05. The average molecular weight is 250 g/mol. The minimum absolute atomic E-state index is 0. The first-order valence-corrected chi connectivity index (χ1v) is 5.58. The van der Waals surface area contributed by atoms with E-state index in [2.05, 4.69) is 12.0 Å². The molecule has 0 radical (unpaired) electrons. The van der Waals surface area contributed by atoms with Crippen LogP contribution in [0.5, 0.6) is 0 Å². The summed E-state index contributed by atoms with van der Waals surface area (Å²) in [6.45, 7) is 4.04. The first-order valence-electron chi connectivity index (χ1n) is 4.01. The van der Waals surface area contributed by atoms with E-state index in [1.807, 2.05) is 26.0 Å². The minimum Gasteiger partial charge on any atom is -0.366 e. The molecule has 0 aromatic heterocycles. The molecule has 4 nitrogen and oxygen atoms in total. The van der Waals surface area contributed by atoms with E-state index in [1.165, 1.54) is 11.1 Å². The Morgan fingerprint density at radius 1 is 1.12 bits per heavy atom. The van der Waals surface area contributed by atoms with Crippen molar-refractivity contribution in [1.29, 1.82) is 0 Å². The van der Waals surface area contributed by atoms with Gasteiger partial charge in [0.25, 0.3) is 0 Å². The third kappa shape index (κ3) is 12.0. The minimum atomic E-state index is -4.64. The van der Waals surface area contributed by atoms with Crippen LogP contribution in [0, 0.1) is 26.2 Å². The predicted octanol–water partition coefficient (Wildman–Crippen LogP) is -1.68. The van der Waals surface area contributed by atoms with Crippen LogP contribution in [0.2, 0.25) is 0 Å². The fraction of sp³-hybridized carbons (Fsp3) is 0.200. The molecular formula is C10H12NaO4P. The molecule has 1 aromatic rings. The Kier molecular flexibility index (Phi) is 9.19. The van der Waals surface area contributed by atoms with Crippen LogP contribution in [0.3, 0.4) is 0 Å². The van der Waals surface area contributed by atoms with Crippen LogP contribution >= 0.6 is 7.82 Å². The zero-order valence-corrected chi connectivity index (χ0v) is 12.3. The Bertz CT molecular complexity index is 391. The molecule has 0 saturated carbocycles. The van der Waals surface area contributed by atoms with Gasteiger partial charge in [-0.3, -0.25) is 5.92 Å². The van der Waals surface area contributed by atoms with E-state index < -0.39 is 7.82 Å². The van der Waals surface area contributed by atoms with Crippen molar-refractivity contribution >= 4 is 7.82 Å². The molecular weight excluding hydrogens is 238 g/mol. The quantitative estimate of drug-likeness (QED) is 0.222. The summed E-state index contributed by atoms with van der Waals surface area (Å²) in [6.07, 6.45) is 6.89. The topological polar surface area (TPSA) is 77.8 Å². The van der Waals surface area contributed by atoms with E-state index >= 15 is 0 Å². The van der Waals surface area contributed by atoms with Gasteiger partial charge in [0.15, 0.2) is 0 Å². The normalized spacial score (nSPS) is 9.25. The van der Waals surface area contributed by atoms with Gasteiger partial charge < -0.3 is 21.1 Å². The second kappa shape index (κ2) is 8.05. The van der Waals surface area contributed by atoms with Crippen LogP contribution in [0.4, 0.5) is 0 Å². The molecule has 0 atom stereocenters. The van der Waals surface area contributed by atoms with Crippen molar-refractivity contribution in [3.63, 3.8) is 0 Å². The number of phosphoric acid groups is 1. The van der Waals surface area contributed by atoms with Crippen LogP contribution in [0.1, 0.15) is 16.7 Å². The van der Waals surface area contributed by atoms with Gasteiger partial charge in [-0.25, -0.2) is 4.57 Å². The van der Waals surface area contributed by atoms with E-state index in [-0.39, 0.29) is 29.6 Å². The third-order valence-corrected chi connectivity index (χ3v) is 1.37. The van der Waals surface area contributed by atoms with Crippen LogP contribution in [-0.4, -0.2) is 14.7 Å². The molecule has 0 aliphatic rings. The van der Waals surface area contributed by atoms with Crippen LogP contribution < -0.4 is 29.6 Å². The molecule has 1 aromatic carbocycles. The summed E-state index contributed by atoms with van der Waals surface area (Å²) in [5.41, 5.74) is 3.24. The van der Waals surface area contributed by atoms with E-state index in [0.717, 1.165) is 5.56 Å². The molecule has 0 fully saturated rings. The monoisotopic (exact) mass is 250 g/mol. The zero-order valence-electron chi connectivity index (χ0n) is 9.43. The van der Waals surface area contributed by atoms with Gasteiger partial charge in [0.1, 0.15) is 0 Å². The first kappa shape index (κ1) is 18.3. The Morgan fingerprint density at radius 3 is 1.69 bits per heavy atom. The summed E-state index contributed by atoms with van der Waals surface area (Å²) in [5, 5.41) is 0. The molecule has 0 aliphatic heterocycles. The molecule has 0 unspecified atom stereocenters. The van der Waals surface area contributed by atoms with Gasteiger partial charge >= 0.3 is 37.4 Å². The number of hydrogen-bond donors (Lipinski definition) is 3. The van der Waals surface area contributed by atoms with Gasteiger partial charge in [-0.1, -0.05) is 17.2 Å². The number of rotatable bonds is 0. The van der Waals surface area contributed by atoms with Crippen LogP contribution in [0.25, 0.3) is 0 Å². The molecule has 0 spiro atoms. The Morgan fingerprint density at radius 2 is 1.44 bits per heavy atom. The second-order valence-electron chi connectivity index (χ2n) is 3.01. The van der Waals surface area contributed by atoms with Crippen molar-refractivity contribution in [1.82, 2.24) is 0 Å². The van der Waals surface area contributed by atoms with Crippen LogP contribution in [-0.2, 0) is 4.57 Å². The second-order valence-corrected chi connectivity index (χ2v) is 4.04. The number of benzene rings is 1. The molecule has 0 bridgehead atoms. The van der Waals surface area contributed by atoms with Gasteiger partial charge in [-0.15, -0.1) is 17.7 Å². The Balaban J connectivity index is 0. The van der Waals surface area contributed by atoms with Crippen molar-refractivity contribution < 1.29 is 48.8 Å². The summed E-state index contributed by atoms with van der Waals surface area (Å²) in [7, 11) is -4.64. The summed E-state index contributed by atoms with van der Waals surface area (Å²) in [4.78, 5) is 21.6. The molecule has 16 heavy (non-hydrogen) atoms. The summed E-state index contributed by atoms with van der Waals surface area (Å²) < 4.78 is 8.88. The number of aryl methyl sites for hydroxylation is 2. The van der Waals surface area contributed by atoms with Crippen LogP contribution in [0.15, 0.2) is 18.2 Å². The van der Waals surface area contributed by atoms with Crippen molar-refractivity contribution in [2.45, 2.75) is 13.8 Å². The standard InChI is InChI=1S/C10H9.Na.H3O4P/c1-4-10-6-8(2)5-9(3)7-10;;1-5(2,3)4/h5-7H,2-3H3;;(H3,1,2,3,4)/q-1;+1;. The molecule has 0 saturated heterocycles. The summed E-state index contributed by atoms with van der Waals surface area (Å²) in [6, 6.07) is 5.97. The molecule has 3 N–H and O–H groups in total. The predicted molar refractivity (Wildman–Crippen MR) is 56.4 cm³/mol. The fourth-order valence-corrected chi connectivity index (χ4v) is 1.05. The van der Waals surface area contributed by atoms with E-state index in [9.17, 15) is 0 Å². The first-order chi connectivity index (χ1) is 6.72. The van der Waals surface area contributed by atoms with Gasteiger partial charge in [0.05, 0.1) is 0 Å². The van der Waals surface area contributed by atoms with Crippen molar-refractivity contribution in [3.8, 4) is 5.92 Å². The van der Waals surface area contributed by atoms with E-state index in [4.69, 9.17) is 25.7 Å². The van der Waals surface area contributed by atoms with Crippen molar-refractivity contribution in [2.24, 2.45) is 0 Å². The van der Waals surface area contributed by atoms with Gasteiger partial charge in [-0.2, -0.15) is 0 Å². The maximum atomic E-state index is 8.88. The number of hydrogen-bond acceptors (Lipinski definition) is 1. The Hall–Kier alpha value is -0.110. The molecule has 0 aliphatic carbocycles. The Labute approximate surface area is 117 Å². The summed E-state index contributed by atoms with van der Waals surface area (Å²) >= 11 is 0. The molecule has 6 heteroatoms. The molecule has 0 heterocycles. The molecule has 1 rings (SSSR count). The van der Waals surface area contributed by atoms with Crippen molar-refractivity contribution in [2.75, 3.05) is 0 Å². The van der Waals surface area contributed by atoms with E-state index in [1.54, 1.807) is 0 Å². The maximum Gasteiger partial charge on any atom is 1.00 e. The largest absolute Gasteiger partial charge is 1.00 e. The smallest absolute Gasteiger partial charge is 0.366 e. The molecule has 82 valence electrons. The maximum absolute atomic E-state index is 8.88. The third-order valence-electron chi connectivity index (χ3n) is 1.37.